The maximum absolute atomic E-state index is 12.2. The van der Waals surface area contributed by atoms with Gasteiger partial charge in [-0.05, 0) is 39.0 Å². The Morgan fingerprint density at radius 2 is 2.18 bits per heavy atom. The molecule has 0 bridgehead atoms. The summed E-state index contributed by atoms with van der Waals surface area (Å²) in [6, 6.07) is 0. The summed E-state index contributed by atoms with van der Waals surface area (Å²) in [5.41, 5.74) is -1.77. The van der Waals surface area contributed by atoms with Crippen LogP contribution in [-0.4, -0.2) is 23.3 Å². The average Bonchev–Trinajstić information content (AvgIpc) is 2.67. The van der Waals surface area contributed by atoms with Gasteiger partial charge in [-0.25, -0.2) is 0 Å². The standard InChI is InChI=1S/C14H20O3/c1-3-11-7-5-8-13(12(15)17-4-2)9-6-10-14(11,13)16/h1,11,16H,4-10H2,2H3/t11-,13-,14+/m0/s1. The Kier molecular flexibility index (Phi) is 3.18. The van der Waals surface area contributed by atoms with E-state index in [1.807, 2.05) is 0 Å². The summed E-state index contributed by atoms with van der Waals surface area (Å²) in [5.74, 6) is 2.22. The predicted octanol–water partition coefficient (Wildman–Crippen LogP) is 1.88. The molecule has 0 saturated heterocycles. The molecular formula is C14H20O3. The minimum atomic E-state index is -1.04. The van der Waals surface area contributed by atoms with E-state index in [1.54, 1.807) is 6.92 Å². The van der Waals surface area contributed by atoms with Crippen molar-refractivity contribution in [1.29, 1.82) is 0 Å². The number of fused-ring (bicyclic) bond motifs is 1. The van der Waals surface area contributed by atoms with Crippen LogP contribution in [0.2, 0.25) is 0 Å². The van der Waals surface area contributed by atoms with Gasteiger partial charge in [0, 0.05) is 5.92 Å². The van der Waals surface area contributed by atoms with Crippen LogP contribution < -0.4 is 0 Å². The van der Waals surface area contributed by atoms with Crippen molar-refractivity contribution in [3.63, 3.8) is 0 Å². The number of hydrogen-bond donors (Lipinski definition) is 1. The van der Waals surface area contributed by atoms with Crippen LogP contribution >= 0.6 is 0 Å². The highest BCUT2D eigenvalue weighted by molar-refractivity contribution is 5.79. The van der Waals surface area contributed by atoms with Gasteiger partial charge < -0.3 is 9.84 Å². The Morgan fingerprint density at radius 3 is 2.82 bits per heavy atom. The van der Waals surface area contributed by atoms with Crippen LogP contribution in [0, 0.1) is 23.7 Å². The average molecular weight is 236 g/mol. The monoisotopic (exact) mass is 236 g/mol. The molecule has 17 heavy (non-hydrogen) atoms. The van der Waals surface area contributed by atoms with E-state index in [2.05, 4.69) is 5.92 Å². The second-order valence-corrected chi connectivity index (χ2v) is 5.19. The van der Waals surface area contributed by atoms with Crippen molar-refractivity contribution >= 4 is 5.97 Å². The summed E-state index contributed by atoms with van der Waals surface area (Å²) in [7, 11) is 0. The molecule has 0 heterocycles. The van der Waals surface area contributed by atoms with Crippen molar-refractivity contribution in [2.24, 2.45) is 11.3 Å². The Bertz CT molecular complexity index is 357. The molecule has 3 heteroatoms. The minimum absolute atomic E-state index is 0.205. The third-order valence-corrected chi connectivity index (χ3v) is 4.53. The van der Waals surface area contributed by atoms with Crippen LogP contribution in [0.15, 0.2) is 0 Å². The summed E-state index contributed by atoms with van der Waals surface area (Å²) >= 11 is 0. The molecule has 0 unspecified atom stereocenters. The molecule has 94 valence electrons. The van der Waals surface area contributed by atoms with Crippen LogP contribution in [0.3, 0.4) is 0 Å². The zero-order valence-electron chi connectivity index (χ0n) is 10.4. The zero-order valence-corrected chi connectivity index (χ0v) is 10.4. The fourth-order valence-corrected chi connectivity index (χ4v) is 3.68. The van der Waals surface area contributed by atoms with Crippen molar-refractivity contribution in [2.45, 2.75) is 51.0 Å². The third-order valence-electron chi connectivity index (χ3n) is 4.53. The summed E-state index contributed by atoms with van der Waals surface area (Å²) in [6.07, 6.45) is 10.1. The maximum Gasteiger partial charge on any atom is 0.315 e. The number of carbonyl (C=O) groups is 1. The second-order valence-electron chi connectivity index (χ2n) is 5.19. The van der Waals surface area contributed by atoms with Crippen LogP contribution in [-0.2, 0) is 9.53 Å². The van der Waals surface area contributed by atoms with Gasteiger partial charge in [-0.15, -0.1) is 12.3 Å². The van der Waals surface area contributed by atoms with Gasteiger partial charge in [-0.2, -0.15) is 0 Å². The SMILES string of the molecule is C#C[C@H]1CCC[C@@]2(C(=O)OCC)CCC[C@@]12O. The number of hydrogen-bond acceptors (Lipinski definition) is 3. The first-order valence-corrected chi connectivity index (χ1v) is 6.46. The van der Waals surface area contributed by atoms with Crippen LogP contribution in [0.4, 0.5) is 0 Å². The molecule has 0 aromatic rings. The first-order valence-electron chi connectivity index (χ1n) is 6.46. The molecule has 0 amide bonds. The number of esters is 1. The zero-order chi connectivity index (χ0) is 12.5. The van der Waals surface area contributed by atoms with Gasteiger partial charge in [0.05, 0.1) is 17.6 Å². The van der Waals surface area contributed by atoms with Gasteiger partial charge in [-0.3, -0.25) is 4.79 Å². The molecule has 2 saturated carbocycles. The second kappa shape index (κ2) is 4.34. The van der Waals surface area contributed by atoms with Crippen LogP contribution in [0.25, 0.3) is 0 Å². The fourth-order valence-electron chi connectivity index (χ4n) is 3.68. The largest absolute Gasteiger partial charge is 0.465 e. The Balaban J connectivity index is 2.36. The van der Waals surface area contributed by atoms with Gasteiger partial charge >= 0.3 is 5.97 Å². The van der Waals surface area contributed by atoms with Gasteiger partial charge in [0.25, 0.3) is 0 Å². The van der Waals surface area contributed by atoms with Crippen molar-refractivity contribution in [3.8, 4) is 12.3 Å². The summed E-state index contributed by atoms with van der Waals surface area (Å²) in [6.45, 7) is 2.15. The van der Waals surface area contributed by atoms with E-state index in [1.165, 1.54) is 0 Å². The number of rotatable bonds is 2. The quantitative estimate of drug-likeness (QED) is 0.588. The van der Waals surface area contributed by atoms with E-state index in [9.17, 15) is 9.90 Å². The van der Waals surface area contributed by atoms with E-state index in [4.69, 9.17) is 11.2 Å². The topological polar surface area (TPSA) is 46.5 Å². The maximum atomic E-state index is 12.2. The molecular weight excluding hydrogens is 216 g/mol. The van der Waals surface area contributed by atoms with Crippen molar-refractivity contribution in [3.05, 3.63) is 0 Å². The lowest BCUT2D eigenvalue weighted by Crippen LogP contribution is -2.56. The van der Waals surface area contributed by atoms with Gasteiger partial charge in [0.1, 0.15) is 0 Å². The first kappa shape index (κ1) is 12.4. The molecule has 0 aromatic carbocycles. The van der Waals surface area contributed by atoms with Crippen molar-refractivity contribution in [1.82, 2.24) is 0 Å². The fraction of sp³-hybridized carbons (Fsp3) is 0.786. The molecule has 2 rings (SSSR count). The Hall–Kier alpha value is -1.01. The highest BCUT2D eigenvalue weighted by atomic mass is 16.5. The number of ether oxygens (including phenoxy) is 1. The number of aliphatic hydroxyl groups is 1. The third kappa shape index (κ3) is 1.58. The van der Waals surface area contributed by atoms with E-state index in [-0.39, 0.29) is 11.9 Å². The lowest BCUT2D eigenvalue weighted by molar-refractivity contribution is -0.182. The molecule has 0 radical (unpaired) electrons. The van der Waals surface area contributed by atoms with Crippen molar-refractivity contribution < 1.29 is 14.6 Å². The molecule has 0 spiro atoms. The van der Waals surface area contributed by atoms with Crippen LogP contribution in [0.1, 0.15) is 45.4 Å². The summed E-state index contributed by atoms with van der Waals surface area (Å²) < 4.78 is 5.18. The molecule has 3 nitrogen and oxygen atoms in total. The molecule has 2 aliphatic carbocycles. The number of carbonyl (C=O) groups excluding carboxylic acids is 1. The van der Waals surface area contributed by atoms with E-state index < -0.39 is 11.0 Å². The van der Waals surface area contributed by atoms with Gasteiger partial charge in [0.15, 0.2) is 0 Å². The van der Waals surface area contributed by atoms with Crippen molar-refractivity contribution in [2.75, 3.05) is 6.61 Å². The van der Waals surface area contributed by atoms with Crippen LogP contribution in [0.5, 0.6) is 0 Å². The molecule has 2 fully saturated rings. The molecule has 0 aromatic heterocycles. The lowest BCUT2D eigenvalue weighted by atomic mass is 9.60. The Morgan fingerprint density at radius 1 is 1.47 bits per heavy atom. The predicted molar refractivity (Wildman–Crippen MR) is 64.0 cm³/mol. The lowest BCUT2D eigenvalue weighted by Gasteiger charge is -2.47. The van der Waals surface area contributed by atoms with E-state index in [0.29, 0.717) is 25.9 Å². The molecule has 3 atom stereocenters. The number of terminal acetylenes is 1. The molecule has 2 aliphatic rings. The molecule has 0 aliphatic heterocycles. The van der Waals surface area contributed by atoms with Gasteiger partial charge in [-0.1, -0.05) is 6.42 Å². The highest BCUT2D eigenvalue weighted by Crippen LogP contribution is 2.57. The smallest absolute Gasteiger partial charge is 0.315 e. The highest BCUT2D eigenvalue weighted by Gasteiger charge is 2.63. The van der Waals surface area contributed by atoms with E-state index in [0.717, 1.165) is 19.3 Å². The van der Waals surface area contributed by atoms with E-state index >= 15 is 0 Å². The van der Waals surface area contributed by atoms with Gasteiger partial charge in [0.2, 0.25) is 0 Å². The summed E-state index contributed by atoms with van der Waals surface area (Å²) in [4.78, 5) is 12.2. The summed E-state index contributed by atoms with van der Waals surface area (Å²) in [5, 5.41) is 10.9. The minimum Gasteiger partial charge on any atom is -0.465 e. The normalized spacial score (nSPS) is 40.4. The molecule has 1 N–H and O–H groups in total. The Labute approximate surface area is 103 Å². The first-order chi connectivity index (χ1) is 8.10.